The number of fused-ring (bicyclic) bond motifs is 1. The molecule has 1 fully saturated rings. The third-order valence-corrected chi connectivity index (χ3v) is 4.16. The summed E-state index contributed by atoms with van der Waals surface area (Å²) in [5.74, 6) is 1.05. The average molecular weight is 261 g/mol. The Labute approximate surface area is 115 Å². The van der Waals surface area contributed by atoms with Crippen molar-refractivity contribution in [3.63, 3.8) is 0 Å². The van der Waals surface area contributed by atoms with Crippen LogP contribution in [0.3, 0.4) is 0 Å². The molecule has 1 N–H and O–H groups in total. The Balaban J connectivity index is 1.91. The van der Waals surface area contributed by atoms with Gasteiger partial charge in [-0.1, -0.05) is 18.2 Å². The molecule has 0 aromatic heterocycles. The highest BCUT2D eigenvalue weighted by Gasteiger charge is 2.46. The van der Waals surface area contributed by atoms with E-state index >= 15 is 0 Å². The van der Waals surface area contributed by atoms with Crippen LogP contribution in [0.2, 0.25) is 0 Å². The van der Waals surface area contributed by atoms with Crippen molar-refractivity contribution in [2.24, 2.45) is 0 Å². The highest BCUT2D eigenvalue weighted by Crippen LogP contribution is 2.40. The van der Waals surface area contributed by atoms with E-state index in [9.17, 15) is 0 Å². The maximum absolute atomic E-state index is 6.41. The molecule has 3 nitrogen and oxygen atoms in total. The van der Waals surface area contributed by atoms with Gasteiger partial charge in [-0.25, -0.2) is 0 Å². The summed E-state index contributed by atoms with van der Waals surface area (Å²) in [6.07, 6.45) is 3.43. The Morgan fingerprint density at radius 2 is 2.00 bits per heavy atom. The van der Waals surface area contributed by atoms with Crippen LogP contribution in [0.1, 0.15) is 32.3 Å². The predicted octanol–water partition coefficient (Wildman–Crippen LogP) is 2.54. The molecule has 1 unspecified atom stereocenters. The third kappa shape index (κ3) is 2.49. The molecule has 2 heterocycles. The normalized spacial score (nSPS) is 25.1. The van der Waals surface area contributed by atoms with E-state index < -0.39 is 0 Å². The van der Waals surface area contributed by atoms with E-state index in [1.807, 2.05) is 0 Å². The monoisotopic (exact) mass is 261 g/mol. The van der Waals surface area contributed by atoms with Crippen LogP contribution in [-0.2, 0) is 11.2 Å². The van der Waals surface area contributed by atoms with E-state index in [0.29, 0.717) is 0 Å². The number of para-hydroxylation sites is 1. The lowest BCUT2D eigenvalue weighted by Gasteiger charge is -2.47. The first-order valence-corrected chi connectivity index (χ1v) is 7.33. The molecular weight excluding hydrogens is 238 g/mol. The van der Waals surface area contributed by atoms with Crippen LogP contribution in [-0.4, -0.2) is 30.9 Å². The minimum absolute atomic E-state index is 0.135. The third-order valence-electron chi connectivity index (χ3n) is 4.16. The van der Waals surface area contributed by atoms with Crippen LogP contribution in [0, 0.1) is 0 Å². The summed E-state index contributed by atoms with van der Waals surface area (Å²) in [5.41, 5.74) is 1.14. The standard InChI is InChI=1S/C16H23NO2/c1-12(2)18-15-11-13-5-3-4-6-14(13)19-16(15)7-9-17-10-8-16/h3-6,12,15,17H,7-11H2,1-2H3. The molecule has 19 heavy (non-hydrogen) atoms. The van der Waals surface area contributed by atoms with Crippen LogP contribution in [0.4, 0.5) is 0 Å². The molecule has 104 valence electrons. The molecule has 1 aromatic carbocycles. The predicted molar refractivity (Wildman–Crippen MR) is 75.6 cm³/mol. The van der Waals surface area contributed by atoms with Crippen molar-refractivity contribution < 1.29 is 9.47 Å². The van der Waals surface area contributed by atoms with Gasteiger partial charge in [-0.15, -0.1) is 0 Å². The second-order valence-electron chi connectivity index (χ2n) is 5.90. The van der Waals surface area contributed by atoms with Gasteiger partial charge < -0.3 is 14.8 Å². The molecule has 3 heteroatoms. The molecule has 3 rings (SSSR count). The van der Waals surface area contributed by atoms with Gasteiger partial charge in [0.2, 0.25) is 0 Å². The molecule has 2 aliphatic heterocycles. The number of hydrogen-bond donors (Lipinski definition) is 1. The maximum Gasteiger partial charge on any atom is 0.138 e. The Bertz CT molecular complexity index is 438. The van der Waals surface area contributed by atoms with Crippen molar-refractivity contribution in [1.82, 2.24) is 5.32 Å². The summed E-state index contributed by atoms with van der Waals surface area (Å²) in [7, 11) is 0. The molecule has 1 atom stereocenters. The molecule has 2 aliphatic rings. The molecule has 1 spiro atoms. The second kappa shape index (κ2) is 5.14. The summed E-state index contributed by atoms with van der Waals surface area (Å²) < 4.78 is 12.6. The van der Waals surface area contributed by atoms with Crippen molar-refractivity contribution in [1.29, 1.82) is 0 Å². The van der Waals surface area contributed by atoms with Gasteiger partial charge in [-0.3, -0.25) is 0 Å². The lowest BCUT2D eigenvalue weighted by atomic mass is 9.81. The maximum atomic E-state index is 6.41. The highest BCUT2D eigenvalue weighted by atomic mass is 16.6. The molecular formula is C16H23NO2. The summed E-state index contributed by atoms with van der Waals surface area (Å²) in [6.45, 7) is 6.24. The molecule has 0 amide bonds. The first kappa shape index (κ1) is 12.9. The quantitative estimate of drug-likeness (QED) is 0.887. The Hall–Kier alpha value is -1.06. The zero-order chi connectivity index (χ0) is 13.3. The second-order valence-corrected chi connectivity index (χ2v) is 5.90. The van der Waals surface area contributed by atoms with Crippen molar-refractivity contribution in [3.05, 3.63) is 29.8 Å². The molecule has 1 saturated heterocycles. The largest absolute Gasteiger partial charge is 0.484 e. The van der Waals surface area contributed by atoms with Crippen LogP contribution in [0.5, 0.6) is 5.75 Å². The van der Waals surface area contributed by atoms with Gasteiger partial charge in [0.05, 0.1) is 6.10 Å². The van der Waals surface area contributed by atoms with Crippen LogP contribution in [0.25, 0.3) is 0 Å². The van der Waals surface area contributed by atoms with E-state index in [1.54, 1.807) is 0 Å². The SMILES string of the molecule is CC(C)OC1Cc2ccccc2OC12CCNCC2. The Morgan fingerprint density at radius 1 is 1.26 bits per heavy atom. The lowest BCUT2D eigenvalue weighted by Crippen LogP contribution is -2.58. The van der Waals surface area contributed by atoms with Gasteiger partial charge >= 0.3 is 0 Å². The van der Waals surface area contributed by atoms with Gasteiger partial charge in [0.15, 0.2) is 0 Å². The molecule has 0 saturated carbocycles. The fourth-order valence-electron chi connectivity index (χ4n) is 3.22. The molecule has 0 aliphatic carbocycles. The van der Waals surface area contributed by atoms with E-state index in [0.717, 1.165) is 38.1 Å². The first-order chi connectivity index (χ1) is 9.20. The van der Waals surface area contributed by atoms with Gasteiger partial charge in [0.25, 0.3) is 0 Å². The van der Waals surface area contributed by atoms with Crippen LogP contribution < -0.4 is 10.1 Å². The summed E-state index contributed by atoms with van der Waals surface area (Å²) in [5, 5.41) is 3.42. The van der Waals surface area contributed by atoms with E-state index in [4.69, 9.17) is 9.47 Å². The van der Waals surface area contributed by atoms with Crippen molar-refractivity contribution in [3.8, 4) is 5.75 Å². The zero-order valence-electron chi connectivity index (χ0n) is 11.8. The Morgan fingerprint density at radius 3 is 2.74 bits per heavy atom. The fourth-order valence-corrected chi connectivity index (χ4v) is 3.22. The summed E-state index contributed by atoms with van der Waals surface area (Å²) >= 11 is 0. The van der Waals surface area contributed by atoms with E-state index in [2.05, 4.69) is 43.4 Å². The number of nitrogens with one attached hydrogen (secondary N) is 1. The topological polar surface area (TPSA) is 30.5 Å². The molecule has 1 aromatic rings. The lowest BCUT2D eigenvalue weighted by molar-refractivity contribution is -0.134. The highest BCUT2D eigenvalue weighted by molar-refractivity contribution is 5.37. The average Bonchev–Trinajstić information content (AvgIpc) is 2.40. The minimum Gasteiger partial charge on any atom is -0.484 e. The fraction of sp³-hybridized carbons (Fsp3) is 0.625. The van der Waals surface area contributed by atoms with Crippen LogP contribution >= 0.6 is 0 Å². The van der Waals surface area contributed by atoms with Gasteiger partial charge in [-0.05, 0) is 38.6 Å². The number of hydrogen-bond acceptors (Lipinski definition) is 3. The zero-order valence-corrected chi connectivity index (χ0v) is 11.8. The number of benzene rings is 1. The van der Waals surface area contributed by atoms with E-state index in [-0.39, 0.29) is 17.8 Å². The Kier molecular flexibility index (Phi) is 3.50. The van der Waals surface area contributed by atoms with Gasteiger partial charge in [0.1, 0.15) is 17.5 Å². The van der Waals surface area contributed by atoms with E-state index in [1.165, 1.54) is 5.56 Å². The number of rotatable bonds is 2. The first-order valence-electron chi connectivity index (χ1n) is 7.33. The minimum atomic E-state index is -0.135. The van der Waals surface area contributed by atoms with Crippen molar-refractivity contribution in [2.45, 2.75) is 50.9 Å². The number of ether oxygens (including phenoxy) is 2. The molecule has 0 bridgehead atoms. The molecule has 0 radical (unpaired) electrons. The smallest absolute Gasteiger partial charge is 0.138 e. The summed E-state index contributed by atoms with van der Waals surface area (Å²) in [6, 6.07) is 8.37. The van der Waals surface area contributed by atoms with Gasteiger partial charge in [-0.2, -0.15) is 0 Å². The van der Waals surface area contributed by atoms with Gasteiger partial charge in [0, 0.05) is 19.3 Å². The van der Waals surface area contributed by atoms with Crippen molar-refractivity contribution in [2.75, 3.05) is 13.1 Å². The van der Waals surface area contributed by atoms with Crippen LogP contribution in [0.15, 0.2) is 24.3 Å². The summed E-state index contributed by atoms with van der Waals surface area (Å²) in [4.78, 5) is 0. The number of piperidine rings is 1. The van der Waals surface area contributed by atoms with Crippen molar-refractivity contribution >= 4 is 0 Å².